The number of phosphoric ester groups is 2. The van der Waals surface area contributed by atoms with Crippen LogP contribution in [-0.2, 0) is 65.4 Å². The number of ether oxygens (including phenoxy) is 4. The number of carbonyl (C=O) groups excluding carboxylic acids is 4. The van der Waals surface area contributed by atoms with Gasteiger partial charge in [0.15, 0.2) is 12.2 Å². The van der Waals surface area contributed by atoms with E-state index >= 15 is 0 Å². The molecule has 3 N–H and O–H groups in total. The van der Waals surface area contributed by atoms with Gasteiger partial charge in [0.25, 0.3) is 0 Å². The summed E-state index contributed by atoms with van der Waals surface area (Å²) in [6.45, 7) is 4.69. The van der Waals surface area contributed by atoms with E-state index in [0.717, 1.165) is 141 Å². The fraction of sp³-hybridized carbons (Fsp3) is 0.792. The number of aliphatic hydroxyl groups excluding tert-OH is 1. The van der Waals surface area contributed by atoms with Crippen molar-refractivity contribution >= 4 is 39.5 Å². The predicted octanol–water partition coefficient (Wildman–Crippen LogP) is 21.7. The Balaban J connectivity index is 5.34. The molecule has 0 aromatic carbocycles. The van der Waals surface area contributed by atoms with E-state index in [2.05, 4.69) is 101 Å². The maximum absolute atomic E-state index is 13.1. The molecular formula is C77H138O17P2. The van der Waals surface area contributed by atoms with Gasteiger partial charge >= 0.3 is 39.5 Å². The van der Waals surface area contributed by atoms with Crippen molar-refractivity contribution in [3.8, 4) is 0 Å². The Hall–Kier alpha value is -3.50. The van der Waals surface area contributed by atoms with E-state index in [1.807, 2.05) is 0 Å². The first-order valence-electron chi connectivity index (χ1n) is 38.2. The average molecular weight is 1400 g/mol. The first kappa shape index (κ1) is 92.5. The van der Waals surface area contributed by atoms with Crippen molar-refractivity contribution in [2.24, 2.45) is 0 Å². The third kappa shape index (κ3) is 69.0. The second-order valence-electron chi connectivity index (χ2n) is 25.6. The summed E-state index contributed by atoms with van der Waals surface area (Å²) in [5.41, 5.74) is 0. The first-order chi connectivity index (χ1) is 46.7. The molecule has 17 nitrogen and oxygen atoms in total. The van der Waals surface area contributed by atoms with Crippen LogP contribution in [0.15, 0.2) is 72.9 Å². The zero-order chi connectivity index (χ0) is 70.4. The van der Waals surface area contributed by atoms with Crippen LogP contribution >= 0.6 is 15.6 Å². The average Bonchev–Trinajstić information content (AvgIpc) is 1.09. The second kappa shape index (κ2) is 70.0. The molecule has 0 aliphatic heterocycles. The number of esters is 4. The monoisotopic (exact) mass is 1400 g/mol. The van der Waals surface area contributed by atoms with Crippen LogP contribution in [0.3, 0.4) is 0 Å². The van der Waals surface area contributed by atoms with Crippen molar-refractivity contribution in [3.63, 3.8) is 0 Å². The summed E-state index contributed by atoms with van der Waals surface area (Å²) in [6, 6.07) is 0. The lowest BCUT2D eigenvalue weighted by Gasteiger charge is -2.21. The van der Waals surface area contributed by atoms with Gasteiger partial charge in [-0.3, -0.25) is 37.3 Å². The van der Waals surface area contributed by atoms with Crippen molar-refractivity contribution in [2.45, 2.75) is 354 Å². The van der Waals surface area contributed by atoms with Crippen LogP contribution in [0.4, 0.5) is 0 Å². The van der Waals surface area contributed by atoms with E-state index < -0.39 is 97.5 Å². The van der Waals surface area contributed by atoms with Gasteiger partial charge in [0, 0.05) is 25.7 Å². The fourth-order valence-corrected chi connectivity index (χ4v) is 11.9. The van der Waals surface area contributed by atoms with E-state index in [4.69, 9.17) is 37.0 Å². The maximum Gasteiger partial charge on any atom is 0.472 e. The maximum atomic E-state index is 13.1. The second-order valence-corrected chi connectivity index (χ2v) is 28.5. The summed E-state index contributed by atoms with van der Waals surface area (Å²) in [7, 11) is -9.95. The SMILES string of the molecule is CC/C=C\C/C=C\C/C=C\C/C=C\CCCCC(=O)OCC(COP(=O)(O)OCC(O)COP(=O)(O)OCC(COC(=O)CCCCCCC/C=C\CCCCCCCC)OC(=O)CCCCCCC/C=C\CCCC)OC(=O)CCCCCCCCCCCCCCCCC. The van der Waals surface area contributed by atoms with Crippen molar-refractivity contribution < 1.29 is 80.2 Å². The van der Waals surface area contributed by atoms with E-state index in [0.29, 0.717) is 25.7 Å². The molecule has 19 heteroatoms. The molecule has 0 fully saturated rings. The van der Waals surface area contributed by atoms with Crippen molar-refractivity contribution in [3.05, 3.63) is 72.9 Å². The first-order valence-corrected chi connectivity index (χ1v) is 41.2. The van der Waals surface area contributed by atoms with E-state index in [1.165, 1.54) is 116 Å². The van der Waals surface area contributed by atoms with Crippen LogP contribution in [0.1, 0.15) is 336 Å². The lowest BCUT2D eigenvalue weighted by molar-refractivity contribution is -0.161. The lowest BCUT2D eigenvalue weighted by Crippen LogP contribution is -2.30. The molecule has 558 valence electrons. The van der Waals surface area contributed by atoms with Crippen molar-refractivity contribution in [1.82, 2.24) is 0 Å². The van der Waals surface area contributed by atoms with Gasteiger partial charge in [0.05, 0.1) is 26.4 Å². The Kier molecular flexibility index (Phi) is 67.4. The summed E-state index contributed by atoms with van der Waals surface area (Å²) in [6.07, 6.45) is 69.0. The van der Waals surface area contributed by atoms with Gasteiger partial charge in [-0.2, -0.15) is 0 Å². The molecular weight excluding hydrogens is 1260 g/mol. The van der Waals surface area contributed by atoms with Crippen LogP contribution in [-0.4, -0.2) is 96.7 Å². The third-order valence-electron chi connectivity index (χ3n) is 16.2. The molecule has 0 spiro atoms. The number of hydrogen-bond acceptors (Lipinski definition) is 15. The quantitative estimate of drug-likeness (QED) is 0.0169. The summed E-state index contributed by atoms with van der Waals surface area (Å²) in [5.74, 6) is -2.22. The number of phosphoric acid groups is 2. The smallest absolute Gasteiger partial charge is 0.462 e. The lowest BCUT2D eigenvalue weighted by atomic mass is 10.0. The Morgan fingerprint density at radius 2 is 0.552 bits per heavy atom. The standard InChI is InChI=1S/C77H138O17P2/c1-5-9-13-17-21-25-29-32-35-38-42-45-49-53-57-61-74(79)87-67-72(93-76(81)63-59-55-51-47-41-28-24-20-16-12-8-4)69-91-95(83,84)89-65-71(78)66-90-96(85,86)92-70-73(94-77(82)64-60-56-52-48-44-40-37-34-31-27-23-19-15-11-7-3)68-88-75(80)62-58-54-50-46-43-39-36-33-30-26-22-18-14-10-6-2/h10,14,20,22,24,26,32-33,35-36,43,46,71-73,78H,5-9,11-13,15-19,21,23,25,27-31,34,37-42,44-45,47-70H2,1-4H3,(H,83,84)(H,85,86)/b14-10-,24-20-,26-22-,35-32-,36-33-,46-43-. The third-order valence-corrected chi connectivity index (χ3v) is 18.1. The minimum atomic E-state index is -4.98. The molecule has 0 saturated carbocycles. The fourth-order valence-electron chi connectivity index (χ4n) is 10.3. The molecule has 0 rings (SSSR count). The molecule has 5 atom stereocenters. The molecule has 5 unspecified atom stereocenters. The normalized spacial score (nSPS) is 14.4. The van der Waals surface area contributed by atoms with E-state index in [9.17, 15) is 43.2 Å². The molecule has 0 amide bonds. The number of aliphatic hydroxyl groups is 1. The predicted molar refractivity (Wildman–Crippen MR) is 390 cm³/mol. The van der Waals surface area contributed by atoms with Crippen molar-refractivity contribution in [2.75, 3.05) is 39.6 Å². The van der Waals surface area contributed by atoms with Gasteiger partial charge < -0.3 is 33.8 Å². The van der Waals surface area contributed by atoms with E-state index in [1.54, 1.807) is 0 Å². The van der Waals surface area contributed by atoms with Crippen molar-refractivity contribution in [1.29, 1.82) is 0 Å². The summed E-state index contributed by atoms with van der Waals surface area (Å²) in [5, 5.41) is 10.6. The zero-order valence-electron chi connectivity index (χ0n) is 60.8. The summed E-state index contributed by atoms with van der Waals surface area (Å²) < 4.78 is 68.4. The largest absolute Gasteiger partial charge is 0.472 e. The number of rotatable bonds is 72. The summed E-state index contributed by atoms with van der Waals surface area (Å²) in [4.78, 5) is 72.8. The number of carbonyl (C=O) groups is 4. The van der Waals surface area contributed by atoms with Crippen LogP contribution in [0.5, 0.6) is 0 Å². The van der Waals surface area contributed by atoms with Crippen LogP contribution in [0.2, 0.25) is 0 Å². The molecule has 0 aliphatic rings. The molecule has 0 saturated heterocycles. The highest BCUT2D eigenvalue weighted by Gasteiger charge is 2.30. The number of hydrogen-bond donors (Lipinski definition) is 3. The molecule has 0 aromatic rings. The van der Waals surface area contributed by atoms with Gasteiger partial charge in [-0.05, 0) is 109 Å². The van der Waals surface area contributed by atoms with Gasteiger partial charge in [-0.15, -0.1) is 0 Å². The van der Waals surface area contributed by atoms with Gasteiger partial charge in [0.1, 0.15) is 19.3 Å². The topological polar surface area (TPSA) is 237 Å². The Morgan fingerprint density at radius 3 is 0.896 bits per heavy atom. The van der Waals surface area contributed by atoms with Crippen LogP contribution in [0, 0.1) is 0 Å². The Bertz CT molecular complexity index is 2110. The molecule has 0 bridgehead atoms. The minimum absolute atomic E-state index is 0.0850. The molecule has 0 aromatic heterocycles. The zero-order valence-corrected chi connectivity index (χ0v) is 62.6. The van der Waals surface area contributed by atoms with Gasteiger partial charge in [-0.25, -0.2) is 9.13 Å². The highest BCUT2D eigenvalue weighted by Crippen LogP contribution is 2.45. The molecule has 0 radical (unpaired) electrons. The Labute approximate surface area is 583 Å². The molecule has 0 heterocycles. The van der Waals surface area contributed by atoms with Gasteiger partial charge in [-0.1, -0.05) is 274 Å². The van der Waals surface area contributed by atoms with Crippen LogP contribution in [0.25, 0.3) is 0 Å². The molecule has 96 heavy (non-hydrogen) atoms. The number of allylic oxidation sites excluding steroid dienone is 12. The highest BCUT2D eigenvalue weighted by molar-refractivity contribution is 7.47. The number of unbranched alkanes of at least 4 members (excludes halogenated alkanes) is 34. The highest BCUT2D eigenvalue weighted by atomic mass is 31.2. The molecule has 0 aliphatic carbocycles. The summed E-state index contributed by atoms with van der Waals surface area (Å²) >= 11 is 0. The van der Waals surface area contributed by atoms with Gasteiger partial charge in [0.2, 0.25) is 0 Å². The minimum Gasteiger partial charge on any atom is -0.462 e. The van der Waals surface area contributed by atoms with Crippen LogP contribution < -0.4 is 0 Å². The Morgan fingerprint density at radius 1 is 0.302 bits per heavy atom. The van der Waals surface area contributed by atoms with E-state index in [-0.39, 0.29) is 25.7 Å².